The Morgan fingerprint density at radius 2 is 1.98 bits per heavy atom. The van der Waals surface area contributed by atoms with Gasteiger partial charge in [0.25, 0.3) is 11.5 Å². The van der Waals surface area contributed by atoms with E-state index < -0.39 is 6.10 Å². The van der Waals surface area contributed by atoms with Crippen LogP contribution in [0.4, 0.5) is 5.69 Å². The summed E-state index contributed by atoms with van der Waals surface area (Å²) in [6.45, 7) is 4.82. The quantitative estimate of drug-likeness (QED) is 0.270. The van der Waals surface area contributed by atoms with E-state index in [-0.39, 0.29) is 30.7 Å². The van der Waals surface area contributed by atoms with Gasteiger partial charge in [-0.2, -0.15) is 0 Å². The molecule has 6 rings (SSSR count). The molecule has 0 aliphatic carbocycles. The minimum absolute atomic E-state index is 0.0535. The number of para-hydroxylation sites is 1. The van der Waals surface area contributed by atoms with E-state index in [1.165, 1.54) is 0 Å². The van der Waals surface area contributed by atoms with Crippen LogP contribution in [0.1, 0.15) is 34.3 Å². The van der Waals surface area contributed by atoms with Crippen molar-refractivity contribution in [2.45, 2.75) is 38.5 Å². The Morgan fingerprint density at radius 3 is 2.77 bits per heavy atom. The number of aryl methyl sites for hydroxylation is 1. The van der Waals surface area contributed by atoms with Gasteiger partial charge in [-0.05, 0) is 75.3 Å². The molecule has 1 amide bonds. The third-order valence-corrected chi connectivity index (χ3v) is 7.92. The number of likely N-dealkylation sites (tertiary alicyclic amines) is 1. The second-order valence-corrected chi connectivity index (χ2v) is 10.8. The molecule has 4 N–H and O–H groups in total. The number of nitrogens with one attached hydrogen (secondary N) is 3. The summed E-state index contributed by atoms with van der Waals surface area (Å²) in [6.07, 6.45) is 2.72. The number of H-pyrrole nitrogens is 2. The fourth-order valence-corrected chi connectivity index (χ4v) is 5.61. The summed E-state index contributed by atoms with van der Waals surface area (Å²) >= 11 is 0. The van der Waals surface area contributed by atoms with Crippen molar-refractivity contribution in [3.8, 4) is 17.1 Å². The molecule has 2 aliphatic heterocycles. The number of pyridine rings is 1. The average molecular weight is 543 g/mol. The summed E-state index contributed by atoms with van der Waals surface area (Å²) in [5, 5.41) is 13.7. The Bertz CT molecular complexity index is 1600. The van der Waals surface area contributed by atoms with Crippen LogP contribution in [0.15, 0.2) is 53.5 Å². The van der Waals surface area contributed by atoms with Gasteiger partial charge >= 0.3 is 0 Å². The second kappa shape index (κ2) is 10.8. The Balaban J connectivity index is 1.19. The molecule has 10 heteroatoms. The third-order valence-electron chi connectivity index (χ3n) is 7.92. The normalized spacial score (nSPS) is 16.9. The number of piperidine rings is 1. The molecule has 208 valence electrons. The van der Waals surface area contributed by atoms with Crippen LogP contribution in [0.25, 0.3) is 22.4 Å². The molecule has 1 saturated heterocycles. The number of rotatable bonds is 8. The lowest BCUT2D eigenvalue weighted by Crippen LogP contribution is -2.43. The van der Waals surface area contributed by atoms with Gasteiger partial charge in [-0.1, -0.05) is 18.2 Å². The van der Waals surface area contributed by atoms with Crippen LogP contribution >= 0.6 is 0 Å². The number of aromatic amines is 2. The predicted octanol–water partition coefficient (Wildman–Crippen LogP) is 3.13. The highest BCUT2D eigenvalue weighted by molar-refractivity contribution is 6.02. The first kappa shape index (κ1) is 26.1. The van der Waals surface area contributed by atoms with Gasteiger partial charge in [0.15, 0.2) is 0 Å². The number of aliphatic hydroxyl groups is 1. The number of aromatic nitrogens is 3. The Kier molecular flexibility index (Phi) is 7.03. The summed E-state index contributed by atoms with van der Waals surface area (Å²) < 4.78 is 5.75. The molecular weight excluding hydrogens is 508 g/mol. The number of aliphatic hydroxyl groups excluding tert-OH is 1. The molecule has 2 aliphatic rings. The maximum atomic E-state index is 13.3. The molecule has 1 fully saturated rings. The van der Waals surface area contributed by atoms with Crippen LogP contribution in [-0.2, 0) is 6.54 Å². The van der Waals surface area contributed by atoms with E-state index in [1.54, 1.807) is 12.3 Å². The number of benzene rings is 2. The number of carbonyl (C=O) groups excluding carboxylic acids is 1. The molecule has 4 aromatic rings. The summed E-state index contributed by atoms with van der Waals surface area (Å²) in [7, 11) is 2.12. The minimum atomic E-state index is -0.802. The molecule has 10 nitrogen and oxygen atoms in total. The molecule has 4 heterocycles. The zero-order chi connectivity index (χ0) is 27.8. The van der Waals surface area contributed by atoms with Gasteiger partial charge in [-0.25, -0.2) is 4.98 Å². The predicted molar refractivity (Wildman–Crippen MR) is 154 cm³/mol. The molecule has 40 heavy (non-hydrogen) atoms. The van der Waals surface area contributed by atoms with Crippen LogP contribution in [0.2, 0.25) is 0 Å². The summed E-state index contributed by atoms with van der Waals surface area (Å²) in [5.74, 6) is 1.17. The molecule has 0 saturated carbocycles. The van der Waals surface area contributed by atoms with Crippen molar-refractivity contribution < 1.29 is 14.6 Å². The number of ether oxygens (including phenoxy) is 1. The number of hydrogen-bond acceptors (Lipinski definition) is 7. The molecule has 0 bridgehead atoms. The lowest BCUT2D eigenvalue weighted by Gasteiger charge is -2.34. The Morgan fingerprint density at radius 1 is 1.18 bits per heavy atom. The first-order valence-corrected chi connectivity index (χ1v) is 13.7. The van der Waals surface area contributed by atoms with Crippen molar-refractivity contribution in [3.05, 3.63) is 75.7 Å². The van der Waals surface area contributed by atoms with Gasteiger partial charge in [0.05, 0.1) is 16.7 Å². The number of hydrogen-bond donors (Lipinski definition) is 4. The average Bonchev–Trinajstić information content (AvgIpc) is 3.50. The molecule has 2 aromatic carbocycles. The van der Waals surface area contributed by atoms with E-state index in [2.05, 4.69) is 27.2 Å². The Hall–Kier alpha value is -4.15. The monoisotopic (exact) mass is 542 g/mol. The Labute approximate surface area is 232 Å². The lowest BCUT2D eigenvalue weighted by atomic mass is 10.0. The summed E-state index contributed by atoms with van der Waals surface area (Å²) in [4.78, 5) is 41.2. The first-order chi connectivity index (χ1) is 19.4. The third kappa shape index (κ3) is 5.07. The van der Waals surface area contributed by atoms with Gasteiger partial charge < -0.3 is 34.9 Å². The largest absolute Gasteiger partial charge is 0.491 e. The fourth-order valence-electron chi connectivity index (χ4n) is 5.61. The van der Waals surface area contributed by atoms with E-state index >= 15 is 0 Å². The fraction of sp³-hybridized carbons (Fsp3) is 0.367. The van der Waals surface area contributed by atoms with E-state index in [9.17, 15) is 14.7 Å². The number of anilines is 1. The zero-order valence-electron chi connectivity index (χ0n) is 22.7. The van der Waals surface area contributed by atoms with Gasteiger partial charge in [0.2, 0.25) is 0 Å². The molecule has 0 radical (unpaired) electrons. The van der Waals surface area contributed by atoms with E-state index in [4.69, 9.17) is 9.72 Å². The minimum Gasteiger partial charge on any atom is -0.491 e. The molecule has 1 atom stereocenters. The highest BCUT2D eigenvalue weighted by Crippen LogP contribution is 2.32. The molecular formula is C30H34N6O4. The number of fused-ring (bicyclic) bond motifs is 2. The van der Waals surface area contributed by atoms with Crippen molar-refractivity contribution in [3.63, 3.8) is 0 Å². The summed E-state index contributed by atoms with van der Waals surface area (Å²) in [6, 6.07) is 13.4. The second-order valence-electron chi connectivity index (χ2n) is 10.8. The van der Waals surface area contributed by atoms with Crippen LogP contribution < -0.4 is 15.6 Å². The van der Waals surface area contributed by atoms with E-state index in [0.717, 1.165) is 48.3 Å². The first-order valence-electron chi connectivity index (χ1n) is 13.7. The van der Waals surface area contributed by atoms with Crippen LogP contribution in [0.3, 0.4) is 0 Å². The van der Waals surface area contributed by atoms with Crippen molar-refractivity contribution in [1.82, 2.24) is 24.8 Å². The number of imidazole rings is 1. The maximum absolute atomic E-state index is 13.3. The zero-order valence-corrected chi connectivity index (χ0v) is 22.7. The van der Waals surface area contributed by atoms with Crippen molar-refractivity contribution in [2.24, 2.45) is 0 Å². The number of amides is 1. The van der Waals surface area contributed by atoms with Gasteiger partial charge in [-0.15, -0.1) is 0 Å². The number of carbonyl (C=O) groups is 1. The molecule has 1 unspecified atom stereocenters. The van der Waals surface area contributed by atoms with E-state index in [0.29, 0.717) is 34.7 Å². The standard InChI is InChI=1S/C30H34N6O4/c1-18-5-3-4-6-26(18)40-17-21(37)15-32-23-7-10-31-29(38)27(23)28-33-24-13-19-16-36(20-8-11-35(2)12-9-20)30(39)22(19)14-25(24)34-28/h3-7,10,13-14,20-21,37H,8-9,11-12,15-17H2,1-2H3,(H,33,34)(H2,31,32,38). The van der Waals surface area contributed by atoms with Gasteiger partial charge in [0.1, 0.15) is 29.8 Å². The molecule has 0 spiro atoms. The van der Waals surface area contributed by atoms with Crippen molar-refractivity contribution in [2.75, 3.05) is 38.6 Å². The van der Waals surface area contributed by atoms with E-state index in [1.807, 2.05) is 48.2 Å². The summed E-state index contributed by atoms with van der Waals surface area (Å²) in [5.41, 5.74) is 4.62. The van der Waals surface area contributed by atoms with Gasteiger partial charge in [0, 0.05) is 30.9 Å². The van der Waals surface area contributed by atoms with Crippen LogP contribution in [-0.4, -0.2) is 81.2 Å². The topological polar surface area (TPSA) is 127 Å². The van der Waals surface area contributed by atoms with Crippen molar-refractivity contribution in [1.29, 1.82) is 0 Å². The maximum Gasteiger partial charge on any atom is 0.261 e. The van der Waals surface area contributed by atoms with Crippen molar-refractivity contribution >= 4 is 22.6 Å². The lowest BCUT2D eigenvalue weighted by molar-refractivity contribution is 0.0617. The van der Waals surface area contributed by atoms with Crippen LogP contribution in [0.5, 0.6) is 5.75 Å². The SMILES string of the molecule is Cc1ccccc1OCC(O)CNc1cc[nH]c(=O)c1-c1nc2cc3c(cc2[nH]1)CN(C1CCN(C)CC1)C3=O. The number of nitrogens with zero attached hydrogens (tertiary/aromatic N) is 3. The highest BCUT2D eigenvalue weighted by atomic mass is 16.5. The van der Waals surface area contributed by atoms with Gasteiger partial charge in [-0.3, -0.25) is 9.59 Å². The smallest absolute Gasteiger partial charge is 0.261 e. The highest BCUT2D eigenvalue weighted by Gasteiger charge is 2.34. The molecule has 2 aromatic heterocycles. The van der Waals surface area contributed by atoms with Crippen LogP contribution in [0, 0.1) is 6.92 Å².